The molecule has 1 aliphatic heterocycles. The van der Waals surface area contributed by atoms with Gasteiger partial charge in [-0.15, -0.1) is 0 Å². The van der Waals surface area contributed by atoms with Crippen LogP contribution in [0, 0.1) is 5.92 Å². The van der Waals surface area contributed by atoms with Crippen LogP contribution in [0.15, 0.2) is 0 Å². The molecule has 1 N–H and O–H groups in total. The first kappa shape index (κ1) is 15.3. The fourth-order valence-electron chi connectivity index (χ4n) is 2.68. The van der Waals surface area contributed by atoms with Crippen LogP contribution in [-0.4, -0.2) is 28.6 Å². The molecule has 0 aliphatic carbocycles. The summed E-state index contributed by atoms with van der Waals surface area (Å²) in [6.07, 6.45) is 3.31. The van der Waals surface area contributed by atoms with Gasteiger partial charge in [0.2, 0.25) is 0 Å². The zero-order chi connectivity index (χ0) is 14.9. The zero-order valence-electron chi connectivity index (χ0n) is 12.7. The van der Waals surface area contributed by atoms with E-state index in [0.29, 0.717) is 16.8 Å². The molecule has 0 bridgehead atoms. The summed E-state index contributed by atoms with van der Waals surface area (Å²) in [5, 5.41) is 10.3. The molecule has 112 valence electrons. The number of carboxylic acids is 1. The van der Waals surface area contributed by atoms with Gasteiger partial charge < -0.3 is 10.0 Å². The maximum Gasteiger partial charge on any atom is 0.347 e. The number of hydrogen-bond donors (Lipinski definition) is 1. The molecule has 1 aliphatic rings. The highest BCUT2D eigenvalue weighted by Crippen LogP contribution is 2.35. The van der Waals surface area contributed by atoms with Crippen molar-refractivity contribution in [1.29, 1.82) is 0 Å². The Morgan fingerprint density at radius 3 is 2.80 bits per heavy atom. The molecule has 0 spiro atoms. The lowest BCUT2D eigenvalue weighted by molar-refractivity contribution is 0.0700. The van der Waals surface area contributed by atoms with Crippen LogP contribution in [0.25, 0.3) is 0 Å². The fourth-order valence-corrected chi connectivity index (χ4v) is 3.82. The second-order valence-electron chi connectivity index (χ2n) is 6.01. The number of carboxylic acid groups (broad SMARTS) is 1. The molecule has 2 rings (SSSR count). The van der Waals surface area contributed by atoms with Crippen LogP contribution in [0.4, 0.5) is 5.13 Å². The first-order valence-corrected chi connectivity index (χ1v) is 8.26. The molecule has 20 heavy (non-hydrogen) atoms. The van der Waals surface area contributed by atoms with Crippen molar-refractivity contribution in [3.8, 4) is 0 Å². The number of hydrogen-bond acceptors (Lipinski definition) is 4. The monoisotopic (exact) mass is 296 g/mol. The second-order valence-corrected chi connectivity index (χ2v) is 6.99. The van der Waals surface area contributed by atoms with Crippen LogP contribution in [0.3, 0.4) is 0 Å². The van der Waals surface area contributed by atoms with Crippen LogP contribution >= 0.6 is 11.3 Å². The number of carbonyl (C=O) groups is 1. The predicted molar refractivity (Wildman–Crippen MR) is 83.0 cm³/mol. The summed E-state index contributed by atoms with van der Waals surface area (Å²) in [6.45, 7) is 9.55. The Labute approximate surface area is 124 Å². The second kappa shape index (κ2) is 6.12. The van der Waals surface area contributed by atoms with Gasteiger partial charge in [-0.2, -0.15) is 0 Å². The lowest BCUT2D eigenvalue weighted by Gasteiger charge is -2.36. The number of nitrogens with zero attached hydrogens (tertiary/aromatic N) is 2. The summed E-state index contributed by atoms with van der Waals surface area (Å²) in [7, 11) is 0. The van der Waals surface area contributed by atoms with Crippen molar-refractivity contribution in [2.75, 3.05) is 11.4 Å². The molecule has 1 fully saturated rings. The minimum atomic E-state index is -0.846. The van der Waals surface area contributed by atoms with E-state index < -0.39 is 5.97 Å². The van der Waals surface area contributed by atoms with Crippen LogP contribution < -0.4 is 4.90 Å². The van der Waals surface area contributed by atoms with Gasteiger partial charge in [0.15, 0.2) is 5.13 Å². The van der Waals surface area contributed by atoms with Crippen LogP contribution in [0.2, 0.25) is 0 Å². The quantitative estimate of drug-likeness (QED) is 0.913. The van der Waals surface area contributed by atoms with Crippen molar-refractivity contribution in [2.45, 2.75) is 58.9 Å². The lowest BCUT2D eigenvalue weighted by atomic mass is 9.96. The Bertz CT molecular complexity index is 486. The number of aromatic carboxylic acids is 1. The van der Waals surface area contributed by atoms with E-state index in [-0.39, 0.29) is 5.92 Å². The molecule has 1 aromatic heterocycles. The summed E-state index contributed by atoms with van der Waals surface area (Å²) in [4.78, 5) is 18.8. The van der Waals surface area contributed by atoms with E-state index >= 15 is 0 Å². The van der Waals surface area contributed by atoms with Crippen molar-refractivity contribution in [1.82, 2.24) is 4.98 Å². The summed E-state index contributed by atoms with van der Waals surface area (Å²) in [5.74, 6) is 0.000748. The van der Waals surface area contributed by atoms with Gasteiger partial charge in [-0.1, -0.05) is 32.1 Å². The molecular weight excluding hydrogens is 272 g/mol. The molecule has 0 radical (unpaired) electrons. The number of rotatable bonds is 4. The smallest absolute Gasteiger partial charge is 0.347 e. The Hall–Kier alpha value is -1.10. The van der Waals surface area contributed by atoms with Gasteiger partial charge in [0, 0.05) is 12.6 Å². The molecule has 4 nitrogen and oxygen atoms in total. The van der Waals surface area contributed by atoms with Gasteiger partial charge in [-0.3, -0.25) is 0 Å². The largest absolute Gasteiger partial charge is 0.477 e. The van der Waals surface area contributed by atoms with Crippen molar-refractivity contribution >= 4 is 22.4 Å². The standard InChI is InChI=1S/C15H24N2O2S/c1-5-10(3)12-13(14(18)19)20-15(16-12)17-8-9(2)6-7-11(17)4/h9-11H,5-8H2,1-4H3,(H,18,19). The molecule has 1 saturated heterocycles. The highest BCUT2D eigenvalue weighted by molar-refractivity contribution is 7.17. The van der Waals surface area contributed by atoms with Gasteiger partial charge in [0.25, 0.3) is 0 Å². The highest BCUT2D eigenvalue weighted by atomic mass is 32.1. The Morgan fingerprint density at radius 2 is 2.20 bits per heavy atom. The first-order valence-electron chi connectivity index (χ1n) is 7.44. The number of thiazole rings is 1. The highest BCUT2D eigenvalue weighted by Gasteiger charge is 2.28. The normalized spacial score (nSPS) is 24.7. The molecule has 0 amide bonds. The third-order valence-electron chi connectivity index (χ3n) is 4.28. The van der Waals surface area contributed by atoms with Gasteiger partial charge in [-0.25, -0.2) is 9.78 Å². The van der Waals surface area contributed by atoms with E-state index in [1.54, 1.807) is 0 Å². The van der Waals surface area contributed by atoms with Gasteiger partial charge in [-0.05, 0) is 38.0 Å². The fraction of sp³-hybridized carbons (Fsp3) is 0.733. The molecule has 3 unspecified atom stereocenters. The van der Waals surface area contributed by atoms with Crippen molar-refractivity contribution in [2.24, 2.45) is 5.92 Å². The van der Waals surface area contributed by atoms with Crippen molar-refractivity contribution < 1.29 is 9.90 Å². The summed E-state index contributed by atoms with van der Waals surface area (Å²) >= 11 is 1.34. The zero-order valence-corrected chi connectivity index (χ0v) is 13.5. The topological polar surface area (TPSA) is 53.4 Å². The van der Waals surface area contributed by atoms with E-state index in [2.05, 4.69) is 30.7 Å². The lowest BCUT2D eigenvalue weighted by Crippen LogP contribution is -2.41. The minimum absolute atomic E-state index is 0.198. The Balaban J connectivity index is 2.34. The van der Waals surface area contributed by atoms with Gasteiger partial charge in [0.1, 0.15) is 4.88 Å². The predicted octanol–water partition coefficient (Wildman–Crippen LogP) is 3.98. The maximum absolute atomic E-state index is 11.4. The first-order chi connectivity index (χ1) is 9.43. The van der Waals surface area contributed by atoms with Crippen molar-refractivity contribution in [3.05, 3.63) is 10.6 Å². The number of anilines is 1. The van der Waals surface area contributed by atoms with Crippen LogP contribution in [0.5, 0.6) is 0 Å². The average molecular weight is 296 g/mol. The van der Waals surface area contributed by atoms with Crippen LogP contribution in [-0.2, 0) is 0 Å². The third kappa shape index (κ3) is 2.97. The molecule has 3 atom stereocenters. The minimum Gasteiger partial charge on any atom is -0.477 e. The van der Waals surface area contributed by atoms with E-state index in [4.69, 9.17) is 0 Å². The molecular formula is C15H24N2O2S. The van der Waals surface area contributed by atoms with Crippen molar-refractivity contribution in [3.63, 3.8) is 0 Å². The Morgan fingerprint density at radius 1 is 1.50 bits per heavy atom. The molecule has 0 aromatic carbocycles. The Kier molecular flexibility index (Phi) is 4.68. The van der Waals surface area contributed by atoms with E-state index in [0.717, 1.165) is 30.2 Å². The van der Waals surface area contributed by atoms with E-state index in [9.17, 15) is 9.90 Å². The number of piperidine rings is 1. The van der Waals surface area contributed by atoms with E-state index in [1.165, 1.54) is 17.8 Å². The molecule has 2 heterocycles. The van der Waals surface area contributed by atoms with Crippen LogP contribution in [0.1, 0.15) is 68.2 Å². The molecule has 5 heteroatoms. The van der Waals surface area contributed by atoms with Gasteiger partial charge >= 0.3 is 5.97 Å². The summed E-state index contributed by atoms with van der Waals surface area (Å²) < 4.78 is 0. The summed E-state index contributed by atoms with van der Waals surface area (Å²) in [6, 6.07) is 0.448. The van der Waals surface area contributed by atoms with E-state index in [1.807, 2.05) is 6.92 Å². The maximum atomic E-state index is 11.4. The number of aromatic nitrogens is 1. The molecule has 0 saturated carbocycles. The third-order valence-corrected chi connectivity index (χ3v) is 5.38. The van der Waals surface area contributed by atoms with Gasteiger partial charge in [0.05, 0.1) is 5.69 Å². The summed E-state index contributed by atoms with van der Waals surface area (Å²) in [5.41, 5.74) is 0.755. The average Bonchev–Trinajstić information content (AvgIpc) is 2.85. The SMILES string of the molecule is CCC(C)c1nc(N2CC(C)CCC2C)sc1C(=O)O. The molecule has 1 aromatic rings.